The second-order valence-corrected chi connectivity index (χ2v) is 10.5. The third kappa shape index (κ3) is 4.29. The van der Waals surface area contributed by atoms with Crippen molar-refractivity contribution in [3.05, 3.63) is 52.8 Å². The number of ether oxygens (including phenoxy) is 2. The Kier molecular flexibility index (Phi) is 5.80. The van der Waals surface area contributed by atoms with Gasteiger partial charge in [0, 0.05) is 29.9 Å². The number of allylic oxidation sites excluding steroid dienone is 1. The number of hydrogen-bond acceptors (Lipinski definition) is 7. The fourth-order valence-corrected chi connectivity index (χ4v) is 5.89. The molecule has 36 heavy (non-hydrogen) atoms. The van der Waals surface area contributed by atoms with Crippen molar-refractivity contribution in [1.82, 2.24) is 20.3 Å². The van der Waals surface area contributed by atoms with Crippen LogP contribution in [0.25, 0.3) is 17.1 Å². The summed E-state index contributed by atoms with van der Waals surface area (Å²) in [6, 6.07) is 7.57. The maximum atomic E-state index is 11.6. The first kappa shape index (κ1) is 23.2. The predicted molar refractivity (Wildman–Crippen MR) is 138 cm³/mol. The van der Waals surface area contributed by atoms with Gasteiger partial charge >= 0.3 is 0 Å². The molecule has 7 rings (SSSR count). The number of rotatable bonds is 6. The Morgan fingerprint density at radius 2 is 1.94 bits per heavy atom. The van der Waals surface area contributed by atoms with E-state index in [1.807, 2.05) is 24.3 Å². The maximum Gasteiger partial charge on any atom is 0.263 e. The molecule has 0 radical (unpaired) electrons. The summed E-state index contributed by atoms with van der Waals surface area (Å²) in [4.78, 5) is 25.2. The Labute approximate surface area is 214 Å². The number of nitrogens with zero attached hydrogens (tertiary/aromatic N) is 3. The largest absolute Gasteiger partial charge is 0.481 e. The summed E-state index contributed by atoms with van der Waals surface area (Å²) in [5.74, 6) is 1.51. The van der Waals surface area contributed by atoms with Crippen LogP contribution in [0, 0.1) is 5.41 Å². The molecular formula is C27H28ClN5O3. The van der Waals surface area contributed by atoms with E-state index in [1.165, 1.54) is 0 Å². The summed E-state index contributed by atoms with van der Waals surface area (Å²) >= 11 is 6.55. The molecule has 9 heteroatoms. The van der Waals surface area contributed by atoms with Gasteiger partial charge in [-0.3, -0.25) is 9.78 Å². The van der Waals surface area contributed by atoms with Gasteiger partial charge in [0.05, 0.1) is 23.3 Å². The van der Waals surface area contributed by atoms with E-state index in [2.05, 4.69) is 37.7 Å². The maximum absolute atomic E-state index is 11.6. The van der Waals surface area contributed by atoms with Crippen molar-refractivity contribution < 1.29 is 14.3 Å². The van der Waals surface area contributed by atoms with Crippen molar-refractivity contribution in [1.29, 1.82) is 0 Å². The Hall–Kier alpha value is -3.23. The van der Waals surface area contributed by atoms with Crippen LogP contribution in [0.15, 0.2) is 36.5 Å². The van der Waals surface area contributed by atoms with Crippen molar-refractivity contribution in [3.63, 3.8) is 0 Å². The predicted octanol–water partition coefficient (Wildman–Crippen LogP) is 4.91. The molecule has 8 nitrogen and oxygen atoms in total. The molecule has 4 heterocycles. The molecule has 3 aromatic heterocycles. The summed E-state index contributed by atoms with van der Waals surface area (Å²) in [5.41, 5.74) is 3.66. The summed E-state index contributed by atoms with van der Waals surface area (Å²) in [5, 5.41) is 7.18. The smallest absolute Gasteiger partial charge is 0.263 e. The Morgan fingerprint density at radius 1 is 1.14 bits per heavy atom. The number of fused-ring (bicyclic) bond motifs is 5. The number of carbonyl (C=O) groups excluding carboxylic acids is 1. The lowest BCUT2D eigenvalue weighted by molar-refractivity contribution is -0.118. The van der Waals surface area contributed by atoms with Gasteiger partial charge in [0.2, 0.25) is 5.88 Å². The fourth-order valence-electron chi connectivity index (χ4n) is 5.69. The van der Waals surface area contributed by atoms with E-state index in [-0.39, 0.29) is 23.5 Å². The number of aromatic nitrogens is 3. The average molecular weight is 506 g/mol. The zero-order chi connectivity index (χ0) is 24.8. The van der Waals surface area contributed by atoms with Crippen molar-refractivity contribution in [3.8, 4) is 11.6 Å². The van der Waals surface area contributed by atoms with Crippen LogP contribution >= 0.6 is 11.6 Å². The van der Waals surface area contributed by atoms with Crippen LogP contribution in [-0.4, -0.2) is 40.1 Å². The highest BCUT2D eigenvalue weighted by atomic mass is 35.5. The normalized spacial score (nSPS) is 25.0. The minimum absolute atomic E-state index is 0.0415. The molecule has 0 spiro atoms. The molecule has 0 unspecified atom stereocenters. The van der Waals surface area contributed by atoms with E-state index in [4.69, 9.17) is 21.1 Å². The van der Waals surface area contributed by atoms with Crippen LogP contribution < -0.4 is 20.1 Å². The topological polar surface area (TPSA) is 98.3 Å². The van der Waals surface area contributed by atoms with Crippen LogP contribution in [0.2, 0.25) is 5.02 Å². The average Bonchev–Trinajstić information content (AvgIpc) is 2.92. The highest BCUT2D eigenvalue weighted by Crippen LogP contribution is 2.53. The minimum atomic E-state index is -0.168. The number of halogens is 1. The zero-order valence-electron chi connectivity index (χ0n) is 20.1. The number of nitrogens with one attached hydrogen (secondary N) is 2. The number of amides is 1. The lowest BCUT2D eigenvalue weighted by atomic mass is 9.57. The molecular weight excluding hydrogens is 478 g/mol. The summed E-state index contributed by atoms with van der Waals surface area (Å²) in [6.07, 6.45) is 12.9. The molecule has 3 aromatic rings. The van der Waals surface area contributed by atoms with Gasteiger partial charge in [0.15, 0.2) is 18.2 Å². The van der Waals surface area contributed by atoms with Crippen LogP contribution in [-0.2, 0) is 11.3 Å². The number of methoxy groups -OCH3 is 1. The van der Waals surface area contributed by atoms with Crippen molar-refractivity contribution in [2.75, 3.05) is 19.0 Å². The summed E-state index contributed by atoms with van der Waals surface area (Å²) in [6.45, 7) is 0.706. The Balaban J connectivity index is 1.14. The van der Waals surface area contributed by atoms with Crippen LogP contribution in [0.5, 0.6) is 11.6 Å². The summed E-state index contributed by atoms with van der Waals surface area (Å²) < 4.78 is 10.7. The molecule has 3 aliphatic carbocycles. The lowest BCUT2D eigenvalue weighted by Crippen LogP contribution is -2.54. The molecule has 2 N–H and O–H groups in total. The van der Waals surface area contributed by atoms with Crippen LogP contribution in [0.4, 0.5) is 5.82 Å². The molecule has 4 aliphatic rings. The van der Waals surface area contributed by atoms with Gasteiger partial charge in [0.25, 0.3) is 5.91 Å². The van der Waals surface area contributed by atoms with Gasteiger partial charge in [-0.05, 0) is 62.1 Å². The minimum Gasteiger partial charge on any atom is -0.481 e. The zero-order valence-corrected chi connectivity index (χ0v) is 20.9. The van der Waals surface area contributed by atoms with E-state index in [0.29, 0.717) is 29.0 Å². The first-order valence-electron chi connectivity index (χ1n) is 12.3. The molecule has 0 saturated heterocycles. The number of carbonyl (C=O) groups is 1. The fraction of sp³-hybridized carbons (Fsp3) is 0.407. The van der Waals surface area contributed by atoms with Gasteiger partial charge in [-0.1, -0.05) is 23.8 Å². The van der Waals surface area contributed by atoms with E-state index in [0.717, 1.165) is 60.8 Å². The second-order valence-electron chi connectivity index (χ2n) is 10.1. The standard InChI is InChI=1S/C27H28ClN5O3/c1-35-23-5-3-20-24(33-23)18(19(28)15-29-20)6-7-26-8-11-27(12-9-26,13-10-26)30-14-17-2-4-21-25(31-17)32-22(34)16-36-21/h2-7,15,30H,8-14,16H2,1H3,(H,31,32,34)/b7-6-. The SMILES string of the molecule is COc1ccc2ncc(Cl)c(/C=C\C34CCC(NCc5ccc6c(n5)NC(=O)CO6)(CC3)CC4)c2n1. The Bertz CT molecular complexity index is 1350. The van der Waals surface area contributed by atoms with Crippen LogP contribution in [0.3, 0.4) is 0 Å². The van der Waals surface area contributed by atoms with E-state index < -0.39 is 0 Å². The van der Waals surface area contributed by atoms with Gasteiger partial charge in [-0.15, -0.1) is 0 Å². The molecule has 1 amide bonds. The molecule has 1 aliphatic heterocycles. The molecule has 3 saturated carbocycles. The highest BCUT2D eigenvalue weighted by Gasteiger charge is 2.47. The van der Waals surface area contributed by atoms with Crippen molar-refractivity contribution >= 4 is 40.4 Å². The van der Waals surface area contributed by atoms with Crippen LogP contribution in [0.1, 0.15) is 49.8 Å². The Morgan fingerprint density at radius 3 is 2.72 bits per heavy atom. The highest BCUT2D eigenvalue weighted by molar-refractivity contribution is 6.32. The van der Waals surface area contributed by atoms with Gasteiger partial charge in [-0.25, -0.2) is 9.97 Å². The van der Waals surface area contributed by atoms with Gasteiger partial charge in [0.1, 0.15) is 5.52 Å². The molecule has 3 fully saturated rings. The van der Waals surface area contributed by atoms with Gasteiger partial charge < -0.3 is 20.1 Å². The third-order valence-electron chi connectivity index (χ3n) is 7.97. The molecule has 186 valence electrons. The number of hydrogen-bond donors (Lipinski definition) is 2. The van der Waals surface area contributed by atoms with E-state index >= 15 is 0 Å². The van der Waals surface area contributed by atoms with Crippen molar-refractivity contribution in [2.45, 2.75) is 50.6 Å². The van der Waals surface area contributed by atoms with E-state index in [1.54, 1.807) is 13.3 Å². The molecule has 0 atom stereocenters. The second kappa shape index (κ2) is 9.01. The van der Waals surface area contributed by atoms with E-state index in [9.17, 15) is 4.79 Å². The number of anilines is 1. The third-order valence-corrected chi connectivity index (χ3v) is 8.27. The number of pyridine rings is 3. The van der Waals surface area contributed by atoms with Crippen molar-refractivity contribution in [2.24, 2.45) is 5.41 Å². The summed E-state index contributed by atoms with van der Waals surface area (Å²) in [7, 11) is 1.61. The monoisotopic (exact) mass is 505 g/mol. The quantitative estimate of drug-likeness (QED) is 0.491. The first-order valence-corrected chi connectivity index (χ1v) is 12.7. The molecule has 2 bridgehead atoms. The van der Waals surface area contributed by atoms with Gasteiger partial charge in [-0.2, -0.15) is 0 Å². The first-order chi connectivity index (χ1) is 17.5. The lowest BCUT2D eigenvalue weighted by Gasteiger charge is -2.53. The molecule has 0 aromatic carbocycles.